The summed E-state index contributed by atoms with van der Waals surface area (Å²) in [7, 11) is 0. The van der Waals surface area contributed by atoms with Gasteiger partial charge in [-0.1, -0.05) is 18.2 Å². The second kappa shape index (κ2) is 5.46. The summed E-state index contributed by atoms with van der Waals surface area (Å²) in [5.74, 6) is 1.25. The Hall–Kier alpha value is -2.14. The van der Waals surface area contributed by atoms with Gasteiger partial charge < -0.3 is 10.6 Å². The van der Waals surface area contributed by atoms with Crippen molar-refractivity contribution < 1.29 is 0 Å². The number of para-hydroxylation sites is 2. The topological polar surface area (TPSA) is 55.0 Å². The van der Waals surface area contributed by atoms with Crippen LogP contribution < -0.4 is 10.6 Å². The van der Waals surface area contributed by atoms with Gasteiger partial charge in [-0.3, -0.25) is 0 Å². The molecule has 0 aliphatic carbocycles. The van der Waals surface area contributed by atoms with Crippen molar-refractivity contribution in [1.29, 1.82) is 0 Å². The highest BCUT2D eigenvalue weighted by Gasteiger charge is 2.13. The fraction of sp³-hybridized carbons (Fsp3) is 0.200. The van der Waals surface area contributed by atoms with Gasteiger partial charge in [-0.05, 0) is 30.5 Å². The molecule has 20 heavy (non-hydrogen) atoms. The summed E-state index contributed by atoms with van der Waals surface area (Å²) in [5, 5.41) is 2.08. The maximum atomic E-state index is 6.08. The maximum absolute atomic E-state index is 6.08. The molecule has 0 unspecified atom stereocenters. The van der Waals surface area contributed by atoms with Crippen LogP contribution in [-0.2, 0) is 6.54 Å². The summed E-state index contributed by atoms with van der Waals surface area (Å²) in [5.41, 5.74) is 7.79. The first-order valence-electron chi connectivity index (χ1n) is 6.57. The molecule has 4 nitrogen and oxygen atoms in total. The lowest BCUT2D eigenvalue weighted by molar-refractivity contribution is 0.825. The molecule has 0 bridgehead atoms. The first kappa shape index (κ1) is 12.9. The third kappa shape index (κ3) is 2.44. The summed E-state index contributed by atoms with van der Waals surface area (Å²) < 4.78 is 0. The Morgan fingerprint density at radius 1 is 1.10 bits per heavy atom. The van der Waals surface area contributed by atoms with Gasteiger partial charge in [0.2, 0.25) is 0 Å². The predicted molar refractivity (Wildman–Crippen MR) is 85.0 cm³/mol. The number of thiophene rings is 1. The average Bonchev–Trinajstić information content (AvgIpc) is 2.97. The Labute approximate surface area is 121 Å². The predicted octanol–water partition coefficient (Wildman–Crippen LogP) is 3.30. The highest BCUT2D eigenvalue weighted by Crippen LogP contribution is 2.24. The largest absolute Gasteiger partial charge is 0.381 e. The van der Waals surface area contributed by atoms with E-state index in [4.69, 9.17) is 5.73 Å². The molecule has 0 saturated carbocycles. The molecule has 0 amide bonds. The van der Waals surface area contributed by atoms with E-state index >= 15 is 0 Å². The Bertz CT molecular complexity index is 709. The second-order valence-corrected chi connectivity index (χ2v) is 5.55. The van der Waals surface area contributed by atoms with Crippen molar-refractivity contribution in [3.63, 3.8) is 0 Å². The molecule has 0 aliphatic heterocycles. The van der Waals surface area contributed by atoms with Crippen LogP contribution in [0.15, 0.2) is 41.8 Å². The molecule has 2 aromatic heterocycles. The zero-order valence-corrected chi connectivity index (χ0v) is 12.1. The minimum absolute atomic E-state index is 0.488. The van der Waals surface area contributed by atoms with Crippen LogP contribution in [0.25, 0.3) is 11.0 Å². The third-order valence-electron chi connectivity index (χ3n) is 3.19. The monoisotopic (exact) mass is 284 g/mol. The van der Waals surface area contributed by atoms with E-state index in [0.29, 0.717) is 5.82 Å². The number of hydrogen-bond acceptors (Lipinski definition) is 5. The van der Waals surface area contributed by atoms with Crippen molar-refractivity contribution in [2.45, 2.75) is 13.5 Å². The third-order valence-corrected chi connectivity index (χ3v) is 4.05. The van der Waals surface area contributed by atoms with E-state index in [0.717, 1.165) is 29.9 Å². The number of rotatable bonds is 4. The number of aromatic nitrogens is 2. The van der Waals surface area contributed by atoms with E-state index in [1.807, 2.05) is 24.3 Å². The first-order valence-corrected chi connectivity index (χ1v) is 7.45. The maximum Gasteiger partial charge on any atom is 0.172 e. The molecule has 2 N–H and O–H groups in total. The van der Waals surface area contributed by atoms with Crippen LogP contribution in [0.5, 0.6) is 0 Å². The lowest BCUT2D eigenvalue weighted by Gasteiger charge is -2.22. The van der Waals surface area contributed by atoms with E-state index in [-0.39, 0.29) is 0 Å². The summed E-state index contributed by atoms with van der Waals surface area (Å²) in [6, 6.07) is 12.0. The van der Waals surface area contributed by atoms with E-state index in [1.54, 1.807) is 11.3 Å². The molecule has 2 heterocycles. The molecular formula is C15H16N4S. The number of anilines is 2. The van der Waals surface area contributed by atoms with Gasteiger partial charge >= 0.3 is 0 Å². The number of benzene rings is 1. The molecule has 102 valence electrons. The minimum atomic E-state index is 0.488. The van der Waals surface area contributed by atoms with Crippen molar-refractivity contribution in [3.8, 4) is 0 Å². The summed E-state index contributed by atoms with van der Waals surface area (Å²) in [6.45, 7) is 3.75. The highest BCUT2D eigenvalue weighted by atomic mass is 32.1. The van der Waals surface area contributed by atoms with Crippen molar-refractivity contribution in [3.05, 3.63) is 46.7 Å². The molecule has 5 heteroatoms. The van der Waals surface area contributed by atoms with E-state index in [1.165, 1.54) is 4.88 Å². The van der Waals surface area contributed by atoms with Crippen LogP contribution in [0.3, 0.4) is 0 Å². The molecule has 1 aromatic carbocycles. The molecule has 3 rings (SSSR count). The summed E-state index contributed by atoms with van der Waals surface area (Å²) in [4.78, 5) is 12.6. The summed E-state index contributed by atoms with van der Waals surface area (Å²) >= 11 is 1.74. The van der Waals surface area contributed by atoms with Gasteiger partial charge in [-0.25, -0.2) is 9.97 Å². The SMILES string of the molecule is CCN(Cc1cccs1)c1nc2ccccc2nc1N. The smallest absolute Gasteiger partial charge is 0.172 e. The number of nitrogens with two attached hydrogens (primary N) is 1. The van der Waals surface area contributed by atoms with Gasteiger partial charge in [0.1, 0.15) is 0 Å². The number of hydrogen-bond donors (Lipinski definition) is 1. The molecule has 0 radical (unpaired) electrons. The average molecular weight is 284 g/mol. The number of nitrogen functional groups attached to an aromatic ring is 1. The lowest BCUT2D eigenvalue weighted by atomic mass is 10.3. The standard InChI is InChI=1S/C15H16N4S/c1-2-19(10-11-6-5-9-20-11)15-14(16)17-12-7-3-4-8-13(12)18-15/h3-9H,2,10H2,1H3,(H2,16,17). The zero-order chi connectivity index (χ0) is 13.9. The van der Waals surface area contributed by atoms with Gasteiger partial charge in [0.05, 0.1) is 17.6 Å². The summed E-state index contributed by atoms with van der Waals surface area (Å²) in [6.07, 6.45) is 0. The van der Waals surface area contributed by atoms with Crippen molar-refractivity contribution in [2.24, 2.45) is 0 Å². The Morgan fingerprint density at radius 3 is 2.50 bits per heavy atom. The van der Waals surface area contributed by atoms with Crippen LogP contribution in [0.2, 0.25) is 0 Å². The molecule has 0 atom stereocenters. The van der Waals surface area contributed by atoms with Gasteiger partial charge in [-0.2, -0.15) is 0 Å². The number of nitrogens with zero attached hydrogens (tertiary/aromatic N) is 3. The van der Waals surface area contributed by atoms with E-state index in [9.17, 15) is 0 Å². The Morgan fingerprint density at radius 2 is 1.85 bits per heavy atom. The molecular weight excluding hydrogens is 268 g/mol. The van der Waals surface area contributed by atoms with Crippen molar-refractivity contribution >= 4 is 34.0 Å². The van der Waals surface area contributed by atoms with Crippen LogP contribution in [0.4, 0.5) is 11.6 Å². The van der Waals surface area contributed by atoms with E-state index < -0.39 is 0 Å². The molecule has 0 spiro atoms. The second-order valence-electron chi connectivity index (χ2n) is 4.51. The zero-order valence-electron chi connectivity index (χ0n) is 11.3. The highest BCUT2D eigenvalue weighted by molar-refractivity contribution is 7.09. The van der Waals surface area contributed by atoms with Gasteiger partial charge in [0.15, 0.2) is 11.6 Å². The molecule has 0 aliphatic rings. The van der Waals surface area contributed by atoms with E-state index in [2.05, 4.69) is 39.3 Å². The van der Waals surface area contributed by atoms with Gasteiger partial charge in [0.25, 0.3) is 0 Å². The Kier molecular flexibility index (Phi) is 3.52. The normalized spacial score (nSPS) is 10.8. The first-order chi connectivity index (χ1) is 9.78. The lowest BCUT2D eigenvalue weighted by Crippen LogP contribution is -2.24. The molecule has 0 fully saturated rings. The van der Waals surface area contributed by atoms with Crippen LogP contribution in [0.1, 0.15) is 11.8 Å². The van der Waals surface area contributed by atoms with Crippen molar-refractivity contribution in [1.82, 2.24) is 9.97 Å². The van der Waals surface area contributed by atoms with Crippen molar-refractivity contribution in [2.75, 3.05) is 17.2 Å². The van der Waals surface area contributed by atoms with Crippen LogP contribution >= 0.6 is 11.3 Å². The minimum Gasteiger partial charge on any atom is -0.381 e. The Balaban J connectivity index is 2.00. The quantitative estimate of drug-likeness (QED) is 0.798. The number of fused-ring (bicyclic) bond motifs is 1. The fourth-order valence-corrected chi connectivity index (χ4v) is 2.88. The van der Waals surface area contributed by atoms with Crippen LogP contribution in [-0.4, -0.2) is 16.5 Å². The van der Waals surface area contributed by atoms with Gasteiger partial charge in [-0.15, -0.1) is 11.3 Å². The fourth-order valence-electron chi connectivity index (χ4n) is 2.16. The molecule has 3 aromatic rings. The molecule has 0 saturated heterocycles. The van der Waals surface area contributed by atoms with Crippen LogP contribution in [0, 0.1) is 0 Å². The van der Waals surface area contributed by atoms with Gasteiger partial charge in [0, 0.05) is 11.4 Å².